The molecule has 2 nitrogen and oxygen atoms in total. The fourth-order valence-electron chi connectivity index (χ4n) is 3.43. The van der Waals surface area contributed by atoms with E-state index in [1.807, 2.05) is 0 Å². The third-order valence-corrected chi connectivity index (χ3v) is 4.90. The number of nitrogens with two attached hydrogens (primary N) is 1. The van der Waals surface area contributed by atoms with Crippen LogP contribution in [0.3, 0.4) is 0 Å². The van der Waals surface area contributed by atoms with Crippen molar-refractivity contribution >= 4 is 0 Å². The van der Waals surface area contributed by atoms with E-state index in [4.69, 9.17) is 5.73 Å². The van der Waals surface area contributed by atoms with Gasteiger partial charge in [0.05, 0.1) is 0 Å². The Labute approximate surface area is 124 Å². The van der Waals surface area contributed by atoms with Gasteiger partial charge in [0.1, 0.15) is 0 Å². The average molecular weight is 274 g/mol. The third-order valence-electron chi connectivity index (χ3n) is 4.90. The highest BCUT2D eigenvalue weighted by Crippen LogP contribution is 2.24. The van der Waals surface area contributed by atoms with Gasteiger partial charge in [0, 0.05) is 18.6 Å². The molecule has 1 aromatic carbocycles. The van der Waals surface area contributed by atoms with Crippen LogP contribution in [0.4, 0.5) is 0 Å². The largest absolute Gasteiger partial charge is 0.324 e. The van der Waals surface area contributed by atoms with Crippen molar-refractivity contribution in [3.05, 3.63) is 34.9 Å². The minimum Gasteiger partial charge on any atom is -0.324 e. The van der Waals surface area contributed by atoms with E-state index in [0.717, 1.165) is 18.9 Å². The maximum absolute atomic E-state index is 6.40. The van der Waals surface area contributed by atoms with Gasteiger partial charge in [-0.05, 0) is 58.1 Å². The summed E-state index contributed by atoms with van der Waals surface area (Å²) in [6.45, 7) is 11.4. The van der Waals surface area contributed by atoms with Crippen molar-refractivity contribution in [3.63, 3.8) is 0 Å². The van der Waals surface area contributed by atoms with E-state index >= 15 is 0 Å². The van der Waals surface area contributed by atoms with Crippen LogP contribution in [-0.2, 0) is 0 Å². The van der Waals surface area contributed by atoms with Gasteiger partial charge in [0.25, 0.3) is 0 Å². The number of rotatable bonds is 4. The summed E-state index contributed by atoms with van der Waals surface area (Å²) in [4.78, 5) is 2.62. The number of aryl methyl sites for hydroxylation is 2. The molecular formula is C18H30N2. The number of hydrogen-bond acceptors (Lipinski definition) is 2. The zero-order valence-electron chi connectivity index (χ0n) is 13.5. The Morgan fingerprint density at radius 2 is 1.85 bits per heavy atom. The maximum atomic E-state index is 6.40. The summed E-state index contributed by atoms with van der Waals surface area (Å²) in [5.74, 6) is 0.821. The molecule has 112 valence electrons. The molecule has 0 amide bonds. The molecule has 3 unspecified atom stereocenters. The number of hydrogen-bond donors (Lipinski definition) is 1. The zero-order chi connectivity index (χ0) is 14.7. The SMILES string of the molecule is Cc1cc(C)cc(C(N)CCN2CCCC(C)C2C)c1. The van der Waals surface area contributed by atoms with Crippen LogP contribution in [0.2, 0.25) is 0 Å². The van der Waals surface area contributed by atoms with E-state index < -0.39 is 0 Å². The molecule has 0 aromatic heterocycles. The topological polar surface area (TPSA) is 29.3 Å². The van der Waals surface area contributed by atoms with Gasteiger partial charge in [-0.15, -0.1) is 0 Å². The summed E-state index contributed by atoms with van der Waals surface area (Å²) < 4.78 is 0. The highest BCUT2D eigenvalue weighted by Gasteiger charge is 2.24. The standard InChI is InChI=1S/C18H30N2/c1-13-10-14(2)12-17(11-13)18(19)7-9-20-8-5-6-15(3)16(20)4/h10-12,15-16,18H,5-9,19H2,1-4H3. The Bertz CT molecular complexity index is 421. The number of nitrogens with zero attached hydrogens (tertiary/aromatic N) is 1. The Hall–Kier alpha value is -0.860. The third kappa shape index (κ3) is 3.83. The van der Waals surface area contributed by atoms with Crippen molar-refractivity contribution < 1.29 is 0 Å². The lowest BCUT2D eigenvalue weighted by atomic mass is 9.91. The van der Waals surface area contributed by atoms with Crippen LogP contribution in [0.25, 0.3) is 0 Å². The first kappa shape index (κ1) is 15.5. The monoisotopic (exact) mass is 274 g/mol. The lowest BCUT2D eigenvalue weighted by Crippen LogP contribution is -2.43. The zero-order valence-corrected chi connectivity index (χ0v) is 13.5. The molecule has 1 aliphatic rings. The molecule has 1 heterocycles. The lowest BCUT2D eigenvalue weighted by molar-refractivity contribution is 0.110. The molecule has 2 rings (SSSR count). The normalized spacial score (nSPS) is 25.6. The lowest BCUT2D eigenvalue weighted by Gasteiger charge is -2.38. The number of likely N-dealkylation sites (tertiary alicyclic amines) is 1. The van der Waals surface area contributed by atoms with Crippen molar-refractivity contribution in [3.8, 4) is 0 Å². The van der Waals surface area contributed by atoms with E-state index in [-0.39, 0.29) is 6.04 Å². The average Bonchev–Trinajstić information content (AvgIpc) is 2.39. The summed E-state index contributed by atoms with van der Waals surface area (Å²) in [5.41, 5.74) is 10.3. The van der Waals surface area contributed by atoms with Gasteiger partial charge in [0.15, 0.2) is 0 Å². The van der Waals surface area contributed by atoms with Gasteiger partial charge in [-0.3, -0.25) is 0 Å². The summed E-state index contributed by atoms with van der Waals surface area (Å²) >= 11 is 0. The van der Waals surface area contributed by atoms with Crippen LogP contribution < -0.4 is 5.73 Å². The van der Waals surface area contributed by atoms with Crippen LogP contribution in [-0.4, -0.2) is 24.0 Å². The summed E-state index contributed by atoms with van der Waals surface area (Å²) in [5, 5.41) is 0. The molecule has 0 aliphatic carbocycles. The Kier molecular flexibility index (Phi) is 5.22. The fraction of sp³-hybridized carbons (Fsp3) is 0.667. The minimum atomic E-state index is 0.165. The van der Waals surface area contributed by atoms with Crippen molar-refractivity contribution in [2.75, 3.05) is 13.1 Å². The van der Waals surface area contributed by atoms with Crippen LogP contribution in [0.5, 0.6) is 0 Å². The second-order valence-electron chi connectivity index (χ2n) is 6.71. The van der Waals surface area contributed by atoms with Gasteiger partial charge in [-0.2, -0.15) is 0 Å². The van der Waals surface area contributed by atoms with E-state index in [1.54, 1.807) is 0 Å². The number of benzene rings is 1. The molecule has 0 radical (unpaired) electrons. The molecule has 1 aliphatic heterocycles. The Balaban J connectivity index is 1.92. The summed E-state index contributed by atoms with van der Waals surface area (Å²) in [6.07, 6.45) is 3.77. The van der Waals surface area contributed by atoms with Crippen molar-refractivity contribution in [2.45, 2.75) is 59.0 Å². The van der Waals surface area contributed by atoms with Crippen molar-refractivity contribution in [1.29, 1.82) is 0 Å². The van der Waals surface area contributed by atoms with Crippen LogP contribution in [0, 0.1) is 19.8 Å². The summed E-state index contributed by atoms with van der Waals surface area (Å²) in [7, 11) is 0. The predicted octanol–water partition coefficient (Wildman–Crippen LogP) is 3.81. The van der Waals surface area contributed by atoms with Gasteiger partial charge in [-0.1, -0.05) is 36.2 Å². The van der Waals surface area contributed by atoms with E-state index in [2.05, 4.69) is 50.8 Å². The first-order valence-electron chi connectivity index (χ1n) is 8.05. The highest BCUT2D eigenvalue weighted by atomic mass is 15.2. The minimum absolute atomic E-state index is 0.165. The van der Waals surface area contributed by atoms with Crippen molar-refractivity contribution in [2.24, 2.45) is 11.7 Å². The number of piperidine rings is 1. The fourth-order valence-corrected chi connectivity index (χ4v) is 3.43. The predicted molar refractivity (Wildman–Crippen MR) is 86.9 cm³/mol. The van der Waals surface area contributed by atoms with Gasteiger partial charge >= 0.3 is 0 Å². The molecule has 1 saturated heterocycles. The molecule has 3 atom stereocenters. The second-order valence-corrected chi connectivity index (χ2v) is 6.71. The first-order chi connectivity index (χ1) is 9.47. The van der Waals surface area contributed by atoms with Crippen LogP contribution in [0.15, 0.2) is 18.2 Å². The van der Waals surface area contributed by atoms with Crippen molar-refractivity contribution in [1.82, 2.24) is 4.90 Å². The molecule has 20 heavy (non-hydrogen) atoms. The van der Waals surface area contributed by atoms with E-state index in [9.17, 15) is 0 Å². The van der Waals surface area contributed by atoms with Gasteiger partial charge in [-0.25, -0.2) is 0 Å². The molecule has 1 fully saturated rings. The highest BCUT2D eigenvalue weighted by molar-refractivity contribution is 5.30. The Morgan fingerprint density at radius 3 is 2.50 bits per heavy atom. The van der Waals surface area contributed by atoms with E-state index in [1.165, 1.54) is 36.1 Å². The van der Waals surface area contributed by atoms with E-state index in [0.29, 0.717) is 6.04 Å². The molecular weight excluding hydrogens is 244 g/mol. The quantitative estimate of drug-likeness (QED) is 0.904. The maximum Gasteiger partial charge on any atom is 0.0307 e. The summed E-state index contributed by atoms with van der Waals surface area (Å²) in [6, 6.07) is 7.55. The van der Waals surface area contributed by atoms with Crippen LogP contribution >= 0.6 is 0 Å². The molecule has 1 aromatic rings. The van der Waals surface area contributed by atoms with Crippen LogP contribution in [0.1, 0.15) is 55.8 Å². The van der Waals surface area contributed by atoms with Gasteiger partial charge < -0.3 is 10.6 Å². The second kappa shape index (κ2) is 6.73. The smallest absolute Gasteiger partial charge is 0.0307 e. The molecule has 0 bridgehead atoms. The molecule has 2 N–H and O–H groups in total. The Morgan fingerprint density at radius 1 is 1.20 bits per heavy atom. The molecule has 0 spiro atoms. The first-order valence-corrected chi connectivity index (χ1v) is 8.05. The molecule has 2 heteroatoms. The van der Waals surface area contributed by atoms with Gasteiger partial charge in [0.2, 0.25) is 0 Å². The molecule has 0 saturated carbocycles.